The SMILES string of the molecule is Cc1ccc(C)c(S(=O)(=O)NCCNC(=O)C2CCN(C(=O)CCc3ccccc3)CC2)c1. The van der Waals surface area contributed by atoms with Crippen LogP contribution in [0.5, 0.6) is 0 Å². The van der Waals surface area contributed by atoms with Crippen molar-refractivity contribution in [1.29, 1.82) is 0 Å². The topological polar surface area (TPSA) is 95.6 Å². The molecule has 0 saturated carbocycles. The molecule has 7 nitrogen and oxygen atoms in total. The second kappa shape index (κ2) is 11.4. The zero-order valence-electron chi connectivity index (χ0n) is 19.3. The fraction of sp³-hybridized carbons (Fsp3) is 0.440. The van der Waals surface area contributed by atoms with Crippen molar-refractivity contribution in [1.82, 2.24) is 14.9 Å². The van der Waals surface area contributed by atoms with Gasteiger partial charge in [-0.2, -0.15) is 0 Å². The number of likely N-dealkylation sites (tertiary alicyclic amines) is 1. The lowest BCUT2D eigenvalue weighted by molar-refractivity contribution is -0.135. The van der Waals surface area contributed by atoms with Crippen LogP contribution in [0.25, 0.3) is 0 Å². The van der Waals surface area contributed by atoms with Gasteiger partial charge >= 0.3 is 0 Å². The molecule has 33 heavy (non-hydrogen) atoms. The van der Waals surface area contributed by atoms with Crippen LogP contribution in [-0.2, 0) is 26.0 Å². The standard InChI is InChI=1S/C25H33N3O4S/c1-19-8-9-20(2)23(18-19)33(31,32)27-15-14-26-25(30)22-12-16-28(17-13-22)24(29)11-10-21-6-4-3-5-7-21/h3-9,18,22,27H,10-17H2,1-2H3,(H,26,30). The summed E-state index contributed by atoms with van der Waals surface area (Å²) < 4.78 is 27.6. The van der Waals surface area contributed by atoms with E-state index in [1.54, 1.807) is 19.1 Å². The second-order valence-electron chi connectivity index (χ2n) is 8.60. The van der Waals surface area contributed by atoms with E-state index in [0.29, 0.717) is 37.9 Å². The van der Waals surface area contributed by atoms with Gasteiger partial charge in [0.1, 0.15) is 0 Å². The number of piperidine rings is 1. The van der Waals surface area contributed by atoms with Crippen molar-refractivity contribution in [2.45, 2.75) is 44.4 Å². The maximum Gasteiger partial charge on any atom is 0.240 e. The summed E-state index contributed by atoms with van der Waals surface area (Å²) in [6.07, 6.45) is 2.44. The number of sulfonamides is 1. The molecule has 3 rings (SSSR count). The summed E-state index contributed by atoms with van der Waals surface area (Å²) in [7, 11) is -3.62. The third-order valence-electron chi connectivity index (χ3n) is 6.04. The van der Waals surface area contributed by atoms with Crippen LogP contribution < -0.4 is 10.0 Å². The molecule has 2 amide bonds. The number of rotatable bonds is 9. The third kappa shape index (κ3) is 7.14. The first kappa shape index (κ1) is 24.9. The molecular weight excluding hydrogens is 438 g/mol. The Kier molecular flexibility index (Phi) is 8.63. The molecule has 0 atom stereocenters. The van der Waals surface area contributed by atoms with Gasteiger partial charge in [0, 0.05) is 38.5 Å². The minimum absolute atomic E-state index is 0.0858. The Morgan fingerprint density at radius 3 is 2.39 bits per heavy atom. The van der Waals surface area contributed by atoms with Gasteiger partial charge < -0.3 is 10.2 Å². The molecule has 1 heterocycles. The molecule has 0 radical (unpaired) electrons. The predicted octanol–water partition coefficient (Wildman–Crippen LogP) is 2.57. The molecule has 1 fully saturated rings. The van der Waals surface area contributed by atoms with E-state index < -0.39 is 10.0 Å². The van der Waals surface area contributed by atoms with Gasteiger partial charge in [-0.05, 0) is 55.9 Å². The van der Waals surface area contributed by atoms with Crippen molar-refractivity contribution in [3.63, 3.8) is 0 Å². The van der Waals surface area contributed by atoms with Crippen molar-refractivity contribution >= 4 is 21.8 Å². The molecule has 2 N–H and O–H groups in total. The zero-order chi connectivity index (χ0) is 23.8. The Bertz CT molecular complexity index is 1060. The molecule has 8 heteroatoms. The highest BCUT2D eigenvalue weighted by Crippen LogP contribution is 2.19. The van der Waals surface area contributed by atoms with Crippen LogP contribution in [0.2, 0.25) is 0 Å². The molecule has 1 aliphatic heterocycles. The molecule has 0 spiro atoms. The van der Waals surface area contributed by atoms with Crippen molar-refractivity contribution in [2.24, 2.45) is 5.92 Å². The van der Waals surface area contributed by atoms with Crippen molar-refractivity contribution < 1.29 is 18.0 Å². The number of amides is 2. The van der Waals surface area contributed by atoms with Crippen molar-refractivity contribution in [2.75, 3.05) is 26.2 Å². The summed E-state index contributed by atoms with van der Waals surface area (Å²) in [5.41, 5.74) is 2.70. The maximum atomic E-state index is 12.5. The molecule has 0 bridgehead atoms. The first-order chi connectivity index (χ1) is 15.8. The summed E-state index contributed by atoms with van der Waals surface area (Å²) in [4.78, 5) is 27.1. The summed E-state index contributed by atoms with van der Waals surface area (Å²) in [6, 6.07) is 15.2. The minimum atomic E-state index is -3.62. The number of aryl methyl sites for hydroxylation is 3. The lowest BCUT2D eigenvalue weighted by Crippen LogP contribution is -2.44. The van der Waals surface area contributed by atoms with E-state index in [1.807, 2.05) is 48.2 Å². The second-order valence-corrected chi connectivity index (χ2v) is 10.3. The number of nitrogens with zero attached hydrogens (tertiary/aromatic N) is 1. The molecule has 0 aromatic heterocycles. The van der Waals surface area contributed by atoms with Gasteiger partial charge in [-0.3, -0.25) is 9.59 Å². The molecular formula is C25H33N3O4S. The average molecular weight is 472 g/mol. The maximum absolute atomic E-state index is 12.5. The monoisotopic (exact) mass is 471 g/mol. The number of carbonyl (C=O) groups is 2. The summed E-state index contributed by atoms with van der Waals surface area (Å²) >= 11 is 0. The Labute approximate surface area is 196 Å². The first-order valence-corrected chi connectivity index (χ1v) is 12.9. The summed E-state index contributed by atoms with van der Waals surface area (Å²) in [5, 5.41) is 2.82. The highest BCUT2D eigenvalue weighted by atomic mass is 32.2. The predicted molar refractivity (Wildman–Crippen MR) is 128 cm³/mol. The van der Waals surface area contributed by atoms with Crippen molar-refractivity contribution in [3.05, 3.63) is 65.2 Å². The summed E-state index contributed by atoms with van der Waals surface area (Å²) in [6.45, 7) is 5.10. The van der Waals surface area contributed by atoms with Gasteiger partial charge in [0.15, 0.2) is 0 Å². The van der Waals surface area contributed by atoms with Crippen LogP contribution in [0.1, 0.15) is 36.0 Å². The van der Waals surface area contributed by atoms with E-state index in [1.165, 1.54) is 0 Å². The van der Waals surface area contributed by atoms with Gasteiger partial charge in [-0.15, -0.1) is 0 Å². The summed E-state index contributed by atoms with van der Waals surface area (Å²) in [5.74, 6) is -0.116. The molecule has 1 saturated heterocycles. The Morgan fingerprint density at radius 1 is 1.00 bits per heavy atom. The van der Waals surface area contributed by atoms with E-state index in [0.717, 1.165) is 17.5 Å². The van der Waals surface area contributed by atoms with Crippen LogP contribution in [0.15, 0.2) is 53.4 Å². The molecule has 1 aliphatic rings. The molecule has 2 aromatic rings. The lowest BCUT2D eigenvalue weighted by Gasteiger charge is -2.31. The number of hydrogen-bond donors (Lipinski definition) is 2. The van der Waals surface area contributed by atoms with Gasteiger partial charge in [-0.1, -0.05) is 42.5 Å². The van der Waals surface area contributed by atoms with Gasteiger partial charge in [0.05, 0.1) is 4.90 Å². The molecule has 0 unspecified atom stereocenters. The number of benzene rings is 2. The first-order valence-electron chi connectivity index (χ1n) is 11.4. The lowest BCUT2D eigenvalue weighted by atomic mass is 9.95. The van der Waals surface area contributed by atoms with Crippen LogP contribution in [0.4, 0.5) is 0 Å². The molecule has 2 aromatic carbocycles. The van der Waals surface area contributed by atoms with Gasteiger partial charge in [0.2, 0.25) is 21.8 Å². The quantitative estimate of drug-likeness (QED) is 0.550. The number of nitrogens with one attached hydrogen (secondary N) is 2. The van der Waals surface area contributed by atoms with Crippen LogP contribution >= 0.6 is 0 Å². The normalized spacial score (nSPS) is 14.8. The number of carbonyl (C=O) groups excluding carboxylic acids is 2. The van der Waals surface area contributed by atoms with Crippen molar-refractivity contribution in [3.8, 4) is 0 Å². The largest absolute Gasteiger partial charge is 0.355 e. The van der Waals surface area contributed by atoms with Crippen LogP contribution in [-0.4, -0.2) is 51.3 Å². The van der Waals surface area contributed by atoms with Crippen LogP contribution in [0.3, 0.4) is 0 Å². The fourth-order valence-corrected chi connectivity index (χ4v) is 5.39. The Balaban J connectivity index is 1.37. The van der Waals surface area contributed by atoms with E-state index in [-0.39, 0.29) is 35.7 Å². The minimum Gasteiger partial charge on any atom is -0.355 e. The number of hydrogen-bond acceptors (Lipinski definition) is 4. The third-order valence-corrected chi connectivity index (χ3v) is 7.64. The van der Waals surface area contributed by atoms with Crippen LogP contribution in [0, 0.1) is 19.8 Å². The highest BCUT2D eigenvalue weighted by molar-refractivity contribution is 7.89. The zero-order valence-corrected chi connectivity index (χ0v) is 20.2. The Morgan fingerprint density at radius 2 is 1.70 bits per heavy atom. The van der Waals surface area contributed by atoms with Gasteiger partial charge in [-0.25, -0.2) is 13.1 Å². The fourth-order valence-electron chi connectivity index (χ4n) is 4.04. The average Bonchev–Trinajstić information content (AvgIpc) is 2.82. The van der Waals surface area contributed by atoms with E-state index in [4.69, 9.17) is 0 Å². The smallest absolute Gasteiger partial charge is 0.240 e. The molecule has 0 aliphatic carbocycles. The van der Waals surface area contributed by atoms with Gasteiger partial charge in [0.25, 0.3) is 0 Å². The Hall–Kier alpha value is -2.71. The molecule has 178 valence electrons. The van der Waals surface area contributed by atoms with E-state index in [2.05, 4.69) is 10.0 Å². The highest BCUT2D eigenvalue weighted by Gasteiger charge is 2.27. The van der Waals surface area contributed by atoms with E-state index >= 15 is 0 Å². The van der Waals surface area contributed by atoms with E-state index in [9.17, 15) is 18.0 Å².